The Labute approximate surface area is 184 Å². The van der Waals surface area contributed by atoms with Crippen LogP contribution in [0.5, 0.6) is 17.2 Å². The SMILES string of the molecule is CCC(F)(F)Oc1ccc(CC(=O)OC(C#N)c2cccc(Oc3ccccc3)c2)cc1. The normalized spacial score (nSPS) is 11.8. The summed E-state index contributed by atoms with van der Waals surface area (Å²) in [4.78, 5) is 12.3. The minimum Gasteiger partial charge on any atom is -0.457 e. The number of carbonyl (C=O) groups excluding carboxylic acids is 1. The number of carbonyl (C=O) groups is 1. The first-order chi connectivity index (χ1) is 15.4. The molecule has 0 aromatic heterocycles. The Morgan fingerprint density at radius 1 is 0.969 bits per heavy atom. The van der Waals surface area contributed by atoms with Crippen LogP contribution >= 0.6 is 0 Å². The highest BCUT2D eigenvalue weighted by Gasteiger charge is 2.28. The first-order valence-corrected chi connectivity index (χ1v) is 9.96. The largest absolute Gasteiger partial charge is 0.457 e. The van der Waals surface area contributed by atoms with Gasteiger partial charge in [0.05, 0.1) is 6.42 Å². The molecule has 32 heavy (non-hydrogen) atoms. The molecule has 1 unspecified atom stereocenters. The monoisotopic (exact) mass is 437 g/mol. The number of ether oxygens (including phenoxy) is 3. The Balaban J connectivity index is 1.61. The van der Waals surface area contributed by atoms with Gasteiger partial charge in [-0.3, -0.25) is 4.79 Å². The van der Waals surface area contributed by atoms with E-state index < -0.39 is 24.6 Å². The van der Waals surface area contributed by atoms with Crippen molar-refractivity contribution in [1.29, 1.82) is 5.26 Å². The maximum absolute atomic E-state index is 13.3. The van der Waals surface area contributed by atoms with Crippen LogP contribution in [0.4, 0.5) is 8.78 Å². The van der Waals surface area contributed by atoms with Crippen molar-refractivity contribution in [3.8, 4) is 23.3 Å². The van der Waals surface area contributed by atoms with E-state index in [1.807, 2.05) is 24.3 Å². The minimum atomic E-state index is -3.25. The molecule has 0 spiro atoms. The van der Waals surface area contributed by atoms with Crippen molar-refractivity contribution < 1.29 is 27.8 Å². The minimum absolute atomic E-state index is 0.000834. The Morgan fingerprint density at radius 3 is 2.31 bits per heavy atom. The molecule has 0 heterocycles. The lowest BCUT2D eigenvalue weighted by Crippen LogP contribution is -2.23. The second-order valence-electron chi connectivity index (χ2n) is 6.90. The van der Waals surface area contributed by atoms with Crippen molar-refractivity contribution in [2.75, 3.05) is 0 Å². The number of hydrogen-bond acceptors (Lipinski definition) is 5. The van der Waals surface area contributed by atoms with E-state index in [9.17, 15) is 18.8 Å². The summed E-state index contributed by atoms with van der Waals surface area (Å²) in [5.74, 6) is 0.515. The number of rotatable bonds is 9. The fraction of sp³-hybridized carbons (Fsp3) is 0.200. The van der Waals surface area contributed by atoms with Gasteiger partial charge in [0, 0.05) is 12.0 Å². The number of halogens is 2. The molecule has 164 valence electrons. The zero-order chi connectivity index (χ0) is 23.0. The smallest absolute Gasteiger partial charge is 0.397 e. The molecule has 3 aromatic rings. The molecule has 0 N–H and O–H groups in total. The summed E-state index contributed by atoms with van der Waals surface area (Å²) in [7, 11) is 0. The third-order valence-electron chi connectivity index (χ3n) is 4.46. The molecule has 0 bridgehead atoms. The van der Waals surface area contributed by atoms with Crippen molar-refractivity contribution in [2.24, 2.45) is 0 Å². The first kappa shape index (κ1) is 22.8. The highest BCUT2D eigenvalue weighted by Crippen LogP contribution is 2.27. The molecule has 7 heteroatoms. The molecule has 0 aliphatic carbocycles. The van der Waals surface area contributed by atoms with Crippen molar-refractivity contribution in [2.45, 2.75) is 32.0 Å². The van der Waals surface area contributed by atoms with E-state index in [0.29, 0.717) is 22.6 Å². The van der Waals surface area contributed by atoms with Crippen LogP contribution < -0.4 is 9.47 Å². The molecule has 1 atom stereocenters. The number of para-hydroxylation sites is 1. The van der Waals surface area contributed by atoms with Gasteiger partial charge < -0.3 is 14.2 Å². The quantitative estimate of drug-likeness (QED) is 0.372. The molecule has 3 aromatic carbocycles. The van der Waals surface area contributed by atoms with Crippen LogP contribution in [0.15, 0.2) is 78.9 Å². The van der Waals surface area contributed by atoms with Gasteiger partial charge in [-0.05, 0) is 42.0 Å². The number of nitrogens with zero attached hydrogens (tertiary/aromatic N) is 1. The van der Waals surface area contributed by atoms with Crippen LogP contribution in [-0.4, -0.2) is 12.1 Å². The number of benzene rings is 3. The summed E-state index contributed by atoms with van der Waals surface area (Å²) in [5, 5.41) is 9.49. The number of alkyl halides is 2. The zero-order valence-corrected chi connectivity index (χ0v) is 17.3. The lowest BCUT2D eigenvalue weighted by atomic mass is 10.1. The Bertz CT molecular complexity index is 1080. The predicted molar refractivity (Wildman–Crippen MR) is 113 cm³/mol. The van der Waals surface area contributed by atoms with E-state index in [0.717, 1.165) is 0 Å². The summed E-state index contributed by atoms with van der Waals surface area (Å²) in [6.07, 6.45) is -4.94. The van der Waals surface area contributed by atoms with Gasteiger partial charge in [-0.1, -0.05) is 49.4 Å². The maximum Gasteiger partial charge on any atom is 0.397 e. The summed E-state index contributed by atoms with van der Waals surface area (Å²) in [5.41, 5.74) is 1.01. The van der Waals surface area contributed by atoms with E-state index in [1.165, 1.54) is 31.2 Å². The molecule has 0 saturated heterocycles. The molecular weight excluding hydrogens is 416 g/mol. The van der Waals surface area contributed by atoms with Crippen LogP contribution in [0.3, 0.4) is 0 Å². The molecule has 0 radical (unpaired) electrons. The molecule has 0 aliphatic heterocycles. The molecule has 5 nitrogen and oxygen atoms in total. The van der Waals surface area contributed by atoms with E-state index in [4.69, 9.17) is 9.47 Å². The van der Waals surface area contributed by atoms with Gasteiger partial charge in [-0.25, -0.2) is 0 Å². The third kappa shape index (κ3) is 6.54. The molecule has 0 fully saturated rings. The van der Waals surface area contributed by atoms with Gasteiger partial charge in [0.2, 0.25) is 6.10 Å². The Morgan fingerprint density at radius 2 is 1.66 bits per heavy atom. The van der Waals surface area contributed by atoms with Gasteiger partial charge in [-0.2, -0.15) is 14.0 Å². The van der Waals surface area contributed by atoms with Crippen LogP contribution in [0.1, 0.15) is 30.6 Å². The van der Waals surface area contributed by atoms with Crippen LogP contribution in [0, 0.1) is 11.3 Å². The maximum atomic E-state index is 13.3. The average molecular weight is 437 g/mol. The summed E-state index contributed by atoms with van der Waals surface area (Å²) < 4.78 is 42.3. The lowest BCUT2D eigenvalue weighted by Gasteiger charge is -2.16. The van der Waals surface area contributed by atoms with E-state index in [1.54, 1.807) is 36.4 Å². The Hall–Kier alpha value is -3.92. The first-order valence-electron chi connectivity index (χ1n) is 9.96. The van der Waals surface area contributed by atoms with Gasteiger partial charge in [0.1, 0.15) is 23.3 Å². The molecule has 3 rings (SSSR count). The molecule has 0 saturated carbocycles. The van der Waals surface area contributed by atoms with Crippen LogP contribution in [0.25, 0.3) is 0 Å². The van der Waals surface area contributed by atoms with Crippen LogP contribution in [-0.2, 0) is 16.0 Å². The fourth-order valence-electron chi connectivity index (χ4n) is 2.79. The topological polar surface area (TPSA) is 68.5 Å². The van der Waals surface area contributed by atoms with Crippen molar-refractivity contribution >= 4 is 5.97 Å². The Kier molecular flexibility index (Phi) is 7.40. The van der Waals surface area contributed by atoms with Crippen molar-refractivity contribution in [1.82, 2.24) is 0 Å². The highest BCUT2D eigenvalue weighted by molar-refractivity contribution is 5.73. The number of nitriles is 1. The number of hydrogen-bond donors (Lipinski definition) is 0. The van der Waals surface area contributed by atoms with Gasteiger partial charge in [0.15, 0.2) is 0 Å². The van der Waals surface area contributed by atoms with Crippen LogP contribution in [0.2, 0.25) is 0 Å². The summed E-state index contributed by atoms with van der Waals surface area (Å²) >= 11 is 0. The summed E-state index contributed by atoms with van der Waals surface area (Å²) in [6.45, 7) is 1.32. The third-order valence-corrected chi connectivity index (χ3v) is 4.46. The van der Waals surface area contributed by atoms with Gasteiger partial charge in [-0.15, -0.1) is 0 Å². The standard InChI is InChI=1S/C25H21F2NO4/c1-2-25(26,27)32-21-13-11-18(12-14-21)15-24(29)31-23(17-28)19-7-6-10-22(16-19)30-20-8-4-3-5-9-20/h3-14,16,23H,2,15H2,1H3. The zero-order valence-electron chi connectivity index (χ0n) is 17.3. The second kappa shape index (κ2) is 10.4. The fourth-order valence-corrected chi connectivity index (χ4v) is 2.79. The molecular formula is C25H21F2NO4. The van der Waals surface area contributed by atoms with Gasteiger partial charge >= 0.3 is 12.1 Å². The highest BCUT2D eigenvalue weighted by atomic mass is 19.3. The molecule has 0 aliphatic rings. The second-order valence-corrected chi connectivity index (χ2v) is 6.90. The van der Waals surface area contributed by atoms with E-state index in [2.05, 4.69) is 4.74 Å². The predicted octanol–water partition coefficient (Wildman–Crippen LogP) is 6.21. The number of esters is 1. The van der Waals surface area contributed by atoms with Crippen molar-refractivity contribution in [3.63, 3.8) is 0 Å². The average Bonchev–Trinajstić information content (AvgIpc) is 2.79. The van der Waals surface area contributed by atoms with E-state index >= 15 is 0 Å². The lowest BCUT2D eigenvalue weighted by molar-refractivity contribution is -0.177. The van der Waals surface area contributed by atoms with Gasteiger partial charge in [0.25, 0.3) is 0 Å². The summed E-state index contributed by atoms with van der Waals surface area (Å²) in [6, 6.07) is 23.6. The molecule has 0 amide bonds. The van der Waals surface area contributed by atoms with E-state index in [-0.39, 0.29) is 12.2 Å². The van der Waals surface area contributed by atoms with Crippen molar-refractivity contribution in [3.05, 3.63) is 90.0 Å².